The van der Waals surface area contributed by atoms with E-state index < -0.39 is 6.10 Å². The van der Waals surface area contributed by atoms with Crippen LogP contribution in [0.3, 0.4) is 0 Å². The molecule has 1 atom stereocenters. The standard InChI is InChI=1S/C22H26N4O2/c1-24(18-5-3-2-4-6-18)19-9-7-17(8-10-19)14-25-11-12-26-20(15-25)13-21(23-26)22(28)16-27/h2-10,13,22,27-28H,11-12,14-16H2,1H3/t22-/m0/s1. The van der Waals surface area contributed by atoms with Gasteiger partial charge in [0.05, 0.1) is 24.5 Å². The van der Waals surface area contributed by atoms with Crippen LogP contribution in [-0.2, 0) is 19.6 Å². The Morgan fingerprint density at radius 1 is 1.04 bits per heavy atom. The summed E-state index contributed by atoms with van der Waals surface area (Å²) in [6, 6.07) is 20.9. The second kappa shape index (κ2) is 8.14. The maximum atomic E-state index is 9.79. The van der Waals surface area contributed by atoms with Gasteiger partial charge in [-0.25, -0.2) is 0 Å². The van der Waals surface area contributed by atoms with Gasteiger partial charge in [0.25, 0.3) is 0 Å². The average Bonchev–Trinajstić information content (AvgIpc) is 3.17. The first kappa shape index (κ1) is 18.7. The molecule has 0 spiro atoms. The van der Waals surface area contributed by atoms with Gasteiger partial charge in [-0.15, -0.1) is 0 Å². The van der Waals surface area contributed by atoms with Crippen LogP contribution in [0, 0.1) is 0 Å². The van der Waals surface area contributed by atoms with Crippen LogP contribution in [0.1, 0.15) is 23.1 Å². The summed E-state index contributed by atoms with van der Waals surface area (Å²) < 4.78 is 1.93. The van der Waals surface area contributed by atoms with E-state index >= 15 is 0 Å². The molecule has 0 amide bonds. The first-order valence-corrected chi connectivity index (χ1v) is 9.59. The molecule has 0 saturated heterocycles. The zero-order valence-corrected chi connectivity index (χ0v) is 16.1. The Bertz CT molecular complexity index is 908. The zero-order chi connectivity index (χ0) is 19.5. The predicted octanol–water partition coefficient (Wildman–Crippen LogP) is 2.69. The number of hydrogen-bond acceptors (Lipinski definition) is 5. The van der Waals surface area contributed by atoms with E-state index in [1.165, 1.54) is 11.3 Å². The molecule has 1 aromatic heterocycles. The van der Waals surface area contributed by atoms with E-state index in [9.17, 15) is 5.11 Å². The minimum absolute atomic E-state index is 0.302. The van der Waals surface area contributed by atoms with E-state index in [4.69, 9.17) is 5.11 Å². The molecule has 146 valence electrons. The van der Waals surface area contributed by atoms with Gasteiger partial charge in [-0.2, -0.15) is 5.10 Å². The van der Waals surface area contributed by atoms with Crippen LogP contribution in [0.2, 0.25) is 0 Å². The molecule has 1 aliphatic rings. The fourth-order valence-electron chi connectivity index (χ4n) is 3.62. The summed E-state index contributed by atoms with van der Waals surface area (Å²) in [4.78, 5) is 4.55. The SMILES string of the molecule is CN(c1ccccc1)c1ccc(CN2CCn3nc([C@@H](O)CO)cc3C2)cc1. The van der Waals surface area contributed by atoms with Gasteiger partial charge in [0.1, 0.15) is 6.10 Å². The Balaban J connectivity index is 1.40. The molecule has 1 aliphatic heterocycles. The van der Waals surface area contributed by atoms with Crippen molar-refractivity contribution < 1.29 is 10.2 Å². The molecule has 0 bridgehead atoms. The molecule has 4 rings (SSSR count). The molecular formula is C22H26N4O2. The van der Waals surface area contributed by atoms with E-state index in [0.717, 1.165) is 37.6 Å². The predicted molar refractivity (Wildman–Crippen MR) is 109 cm³/mol. The summed E-state index contributed by atoms with van der Waals surface area (Å²) in [6.45, 7) is 3.07. The van der Waals surface area contributed by atoms with Crippen LogP contribution < -0.4 is 4.90 Å². The monoisotopic (exact) mass is 378 g/mol. The van der Waals surface area contributed by atoms with Crippen molar-refractivity contribution in [2.75, 3.05) is 25.1 Å². The highest BCUT2D eigenvalue weighted by Crippen LogP contribution is 2.24. The topological polar surface area (TPSA) is 64.8 Å². The third-order valence-electron chi connectivity index (χ3n) is 5.28. The molecular weight excluding hydrogens is 352 g/mol. The van der Waals surface area contributed by atoms with Crippen molar-refractivity contribution in [1.82, 2.24) is 14.7 Å². The number of nitrogens with zero attached hydrogens (tertiary/aromatic N) is 4. The maximum Gasteiger partial charge on any atom is 0.121 e. The minimum Gasteiger partial charge on any atom is -0.393 e. The summed E-state index contributed by atoms with van der Waals surface area (Å²) >= 11 is 0. The van der Waals surface area contributed by atoms with Gasteiger partial charge in [-0.3, -0.25) is 9.58 Å². The van der Waals surface area contributed by atoms with Crippen molar-refractivity contribution in [3.63, 3.8) is 0 Å². The van der Waals surface area contributed by atoms with E-state index in [1.54, 1.807) is 0 Å². The molecule has 2 heterocycles. The van der Waals surface area contributed by atoms with E-state index in [2.05, 4.69) is 58.3 Å². The van der Waals surface area contributed by atoms with Gasteiger partial charge in [0.2, 0.25) is 0 Å². The number of fused-ring (bicyclic) bond motifs is 1. The summed E-state index contributed by atoms with van der Waals surface area (Å²) in [5, 5.41) is 23.3. The minimum atomic E-state index is -0.902. The molecule has 0 unspecified atom stereocenters. The van der Waals surface area contributed by atoms with Gasteiger partial charge < -0.3 is 15.1 Å². The number of benzene rings is 2. The van der Waals surface area contributed by atoms with Gasteiger partial charge in [-0.05, 0) is 35.9 Å². The molecule has 3 aromatic rings. The molecule has 6 nitrogen and oxygen atoms in total. The Hall–Kier alpha value is -2.67. The number of rotatable bonds is 6. The fourth-order valence-corrected chi connectivity index (χ4v) is 3.62. The first-order valence-electron chi connectivity index (χ1n) is 9.59. The second-order valence-electron chi connectivity index (χ2n) is 7.25. The van der Waals surface area contributed by atoms with Gasteiger partial charge in [-0.1, -0.05) is 30.3 Å². The number of para-hydroxylation sites is 1. The number of anilines is 2. The molecule has 0 fully saturated rings. The molecule has 0 radical (unpaired) electrons. The smallest absolute Gasteiger partial charge is 0.121 e. The van der Waals surface area contributed by atoms with Crippen molar-refractivity contribution in [3.8, 4) is 0 Å². The van der Waals surface area contributed by atoms with Crippen LogP contribution in [-0.4, -0.2) is 45.1 Å². The summed E-state index contributed by atoms with van der Waals surface area (Å²) in [5.41, 5.74) is 5.23. The van der Waals surface area contributed by atoms with Crippen molar-refractivity contribution in [2.45, 2.75) is 25.7 Å². The summed E-state index contributed by atoms with van der Waals surface area (Å²) in [6.07, 6.45) is -0.902. The van der Waals surface area contributed by atoms with Crippen molar-refractivity contribution in [2.24, 2.45) is 0 Å². The Morgan fingerprint density at radius 3 is 2.46 bits per heavy atom. The zero-order valence-electron chi connectivity index (χ0n) is 16.1. The Kier molecular flexibility index (Phi) is 5.43. The van der Waals surface area contributed by atoms with Crippen molar-refractivity contribution in [1.29, 1.82) is 0 Å². The lowest BCUT2D eigenvalue weighted by Crippen LogP contribution is -2.33. The lowest BCUT2D eigenvalue weighted by atomic mass is 10.1. The summed E-state index contributed by atoms with van der Waals surface area (Å²) in [5.74, 6) is 0. The van der Waals surface area contributed by atoms with E-state index in [0.29, 0.717) is 5.69 Å². The lowest BCUT2D eigenvalue weighted by molar-refractivity contribution is 0.0915. The Labute approximate surface area is 165 Å². The second-order valence-corrected chi connectivity index (χ2v) is 7.25. The molecule has 0 saturated carbocycles. The van der Waals surface area contributed by atoms with E-state index in [-0.39, 0.29) is 6.61 Å². The van der Waals surface area contributed by atoms with E-state index in [1.807, 2.05) is 28.9 Å². The third-order valence-corrected chi connectivity index (χ3v) is 5.28. The molecule has 6 heteroatoms. The number of hydrogen-bond donors (Lipinski definition) is 2. The normalized spacial score (nSPS) is 15.2. The number of aliphatic hydroxyl groups is 2. The highest BCUT2D eigenvalue weighted by atomic mass is 16.3. The summed E-state index contributed by atoms with van der Waals surface area (Å²) in [7, 11) is 2.08. The van der Waals surface area contributed by atoms with Crippen LogP contribution >= 0.6 is 0 Å². The van der Waals surface area contributed by atoms with Crippen molar-refractivity contribution >= 4 is 11.4 Å². The van der Waals surface area contributed by atoms with Gasteiger partial charge >= 0.3 is 0 Å². The van der Waals surface area contributed by atoms with Gasteiger partial charge in [0, 0.05) is 38.1 Å². The number of aromatic nitrogens is 2. The maximum absolute atomic E-state index is 9.79. The van der Waals surface area contributed by atoms with Crippen LogP contribution in [0.4, 0.5) is 11.4 Å². The average molecular weight is 378 g/mol. The van der Waals surface area contributed by atoms with Crippen LogP contribution in [0.5, 0.6) is 0 Å². The third kappa shape index (κ3) is 3.94. The highest BCUT2D eigenvalue weighted by molar-refractivity contribution is 5.62. The largest absolute Gasteiger partial charge is 0.393 e. The quantitative estimate of drug-likeness (QED) is 0.690. The lowest BCUT2D eigenvalue weighted by Gasteiger charge is -2.27. The fraction of sp³-hybridized carbons (Fsp3) is 0.318. The van der Waals surface area contributed by atoms with Crippen molar-refractivity contribution in [3.05, 3.63) is 77.6 Å². The molecule has 2 N–H and O–H groups in total. The highest BCUT2D eigenvalue weighted by Gasteiger charge is 2.21. The Morgan fingerprint density at radius 2 is 1.75 bits per heavy atom. The van der Waals surface area contributed by atoms with Gasteiger partial charge in [0.15, 0.2) is 0 Å². The van der Waals surface area contributed by atoms with Crippen LogP contribution in [0.25, 0.3) is 0 Å². The molecule has 28 heavy (non-hydrogen) atoms. The molecule has 2 aromatic carbocycles. The van der Waals surface area contributed by atoms with Crippen LogP contribution in [0.15, 0.2) is 60.7 Å². The first-order chi connectivity index (χ1) is 13.6. The number of aliphatic hydroxyl groups excluding tert-OH is 2. The molecule has 0 aliphatic carbocycles.